The molecule has 0 saturated heterocycles. The number of hydrazone groups is 1. The minimum atomic E-state index is -0.372. The van der Waals surface area contributed by atoms with E-state index in [-0.39, 0.29) is 18.4 Å². The second-order valence-electron chi connectivity index (χ2n) is 6.69. The third kappa shape index (κ3) is 6.98. The van der Waals surface area contributed by atoms with E-state index >= 15 is 0 Å². The smallest absolute Gasteiger partial charge is 0.271 e. The number of methoxy groups -OCH3 is 2. The van der Waals surface area contributed by atoms with Gasteiger partial charge in [-0.1, -0.05) is 17.7 Å². The first-order valence-electron chi connectivity index (χ1n) is 9.82. The molecule has 2 N–H and O–H groups in total. The summed E-state index contributed by atoms with van der Waals surface area (Å²) >= 11 is 5.84. The van der Waals surface area contributed by atoms with Crippen molar-refractivity contribution in [2.75, 3.05) is 26.1 Å². The quantitative estimate of drug-likeness (QED) is 0.364. The molecule has 3 aromatic carbocycles. The molecular weight excluding hydrogens is 446 g/mol. The molecule has 0 bridgehead atoms. The lowest BCUT2D eigenvalue weighted by Gasteiger charge is -2.11. The molecule has 0 saturated carbocycles. The maximum Gasteiger partial charge on any atom is 0.271 e. The van der Waals surface area contributed by atoms with Crippen molar-refractivity contribution < 1.29 is 23.8 Å². The number of hydrogen-bond acceptors (Lipinski definition) is 6. The van der Waals surface area contributed by atoms with Gasteiger partial charge in [0.1, 0.15) is 5.75 Å². The molecule has 2 amide bonds. The van der Waals surface area contributed by atoms with E-state index in [0.29, 0.717) is 39.1 Å². The normalized spacial score (nSPS) is 10.5. The average molecular weight is 468 g/mol. The van der Waals surface area contributed by atoms with Crippen LogP contribution in [0.3, 0.4) is 0 Å². The number of anilines is 1. The minimum absolute atomic E-state index is 0.205. The molecule has 170 valence electrons. The van der Waals surface area contributed by atoms with Crippen molar-refractivity contribution in [3.8, 4) is 17.2 Å². The van der Waals surface area contributed by atoms with Crippen LogP contribution in [0.4, 0.5) is 5.69 Å². The predicted octanol–water partition coefficient (Wildman–Crippen LogP) is 4.14. The van der Waals surface area contributed by atoms with Crippen molar-refractivity contribution >= 4 is 35.3 Å². The number of carbonyl (C=O) groups excluding carboxylic acids is 2. The zero-order chi connectivity index (χ0) is 23.6. The standard InChI is InChI=1S/C24H22ClN3O5/c1-31-20-5-3-4-17(13-20)24(30)28-26-14-16-6-11-21(22(12-16)32-2)33-15-23(29)27-19-9-7-18(25)8-10-19/h3-14H,15H2,1-2H3,(H,27,29)(H,28,30)/b26-14+. The molecule has 3 aromatic rings. The predicted molar refractivity (Wildman–Crippen MR) is 127 cm³/mol. The highest BCUT2D eigenvalue weighted by atomic mass is 35.5. The maximum atomic E-state index is 12.2. The first-order chi connectivity index (χ1) is 16.0. The number of halogens is 1. The molecule has 0 unspecified atom stereocenters. The highest BCUT2D eigenvalue weighted by Gasteiger charge is 2.09. The summed E-state index contributed by atoms with van der Waals surface area (Å²) < 4.78 is 16.0. The van der Waals surface area contributed by atoms with Crippen LogP contribution in [-0.4, -0.2) is 38.9 Å². The summed E-state index contributed by atoms with van der Waals surface area (Å²) in [7, 11) is 3.02. The molecule has 0 radical (unpaired) electrons. The van der Waals surface area contributed by atoms with Crippen LogP contribution in [0.1, 0.15) is 15.9 Å². The Morgan fingerprint density at radius 2 is 1.76 bits per heavy atom. The van der Waals surface area contributed by atoms with Gasteiger partial charge in [0.2, 0.25) is 0 Å². The zero-order valence-electron chi connectivity index (χ0n) is 18.0. The first kappa shape index (κ1) is 23.6. The summed E-state index contributed by atoms with van der Waals surface area (Å²) in [5.41, 5.74) is 4.16. The highest BCUT2D eigenvalue weighted by Crippen LogP contribution is 2.27. The maximum absolute atomic E-state index is 12.2. The Balaban J connectivity index is 1.56. The third-order valence-corrected chi connectivity index (χ3v) is 4.64. The molecule has 0 heterocycles. The van der Waals surface area contributed by atoms with Crippen molar-refractivity contribution in [1.82, 2.24) is 5.43 Å². The van der Waals surface area contributed by atoms with Gasteiger partial charge in [0.05, 0.1) is 20.4 Å². The Morgan fingerprint density at radius 3 is 2.48 bits per heavy atom. The van der Waals surface area contributed by atoms with E-state index in [1.54, 1.807) is 66.7 Å². The number of nitrogens with zero attached hydrogens (tertiary/aromatic N) is 1. The first-order valence-corrected chi connectivity index (χ1v) is 10.2. The number of ether oxygens (including phenoxy) is 3. The Morgan fingerprint density at radius 1 is 0.970 bits per heavy atom. The van der Waals surface area contributed by atoms with Gasteiger partial charge in [-0.15, -0.1) is 0 Å². The van der Waals surface area contributed by atoms with Crippen LogP contribution in [0.5, 0.6) is 17.2 Å². The Kier molecular flexibility index (Phi) is 8.26. The summed E-state index contributed by atoms with van der Waals surface area (Å²) in [6.45, 7) is -0.205. The van der Waals surface area contributed by atoms with Crippen molar-refractivity contribution in [2.45, 2.75) is 0 Å². The second kappa shape index (κ2) is 11.5. The summed E-state index contributed by atoms with van der Waals surface area (Å²) in [4.78, 5) is 24.3. The van der Waals surface area contributed by atoms with E-state index in [9.17, 15) is 9.59 Å². The number of rotatable bonds is 9. The molecule has 3 rings (SSSR count). The molecule has 9 heteroatoms. The molecule has 0 aliphatic carbocycles. The fraction of sp³-hybridized carbons (Fsp3) is 0.125. The van der Waals surface area contributed by atoms with E-state index in [1.165, 1.54) is 20.4 Å². The third-order valence-electron chi connectivity index (χ3n) is 4.39. The van der Waals surface area contributed by atoms with Crippen molar-refractivity contribution in [2.24, 2.45) is 5.10 Å². The van der Waals surface area contributed by atoms with Crippen LogP contribution in [0.25, 0.3) is 0 Å². The van der Waals surface area contributed by atoms with Gasteiger partial charge < -0.3 is 19.5 Å². The summed E-state index contributed by atoms with van der Waals surface area (Å²) in [6, 6.07) is 18.5. The Hall–Kier alpha value is -4.04. The van der Waals surface area contributed by atoms with E-state index in [1.807, 2.05) is 0 Å². The van der Waals surface area contributed by atoms with Crippen LogP contribution in [0, 0.1) is 0 Å². The fourth-order valence-corrected chi connectivity index (χ4v) is 2.88. The van der Waals surface area contributed by atoms with E-state index in [2.05, 4.69) is 15.8 Å². The Labute approximate surface area is 196 Å². The van der Waals surface area contributed by atoms with Gasteiger partial charge in [0.15, 0.2) is 18.1 Å². The lowest BCUT2D eigenvalue weighted by atomic mass is 10.2. The van der Waals surface area contributed by atoms with E-state index < -0.39 is 0 Å². The van der Waals surface area contributed by atoms with Gasteiger partial charge in [-0.05, 0) is 66.2 Å². The summed E-state index contributed by atoms with van der Waals surface area (Å²) in [6.07, 6.45) is 1.47. The number of carbonyl (C=O) groups is 2. The number of hydrogen-bond donors (Lipinski definition) is 2. The molecule has 0 spiro atoms. The molecule has 0 aromatic heterocycles. The molecule has 33 heavy (non-hydrogen) atoms. The molecule has 8 nitrogen and oxygen atoms in total. The molecule has 0 aliphatic rings. The van der Waals surface area contributed by atoms with Gasteiger partial charge in [0, 0.05) is 16.3 Å². The van der Waals surface area contributed by atoms with Crippen molar-refractivity contribution in [3.05, 3.63) is 82.9 Å². The summed E-state index contributed by atoms with van der Waals surface area (Å²) in [5, 5.41) is 7.27. The highest BCUT2D eigenvalue weighted by molar-refractivity contribution is 6.30. The lowest BCUT2D eigenvalue weighted by molar-refractivity contribution is -0.118. The van der Waals surface area contributed by atoms with E-state index in [0.717, 1.165) is 0 Å². The van der Waals surface area contributed by atoms with Gasteiger partial charge in [0.25, 0.3) is 11.8 Å². The van der Waals surface area contributed by atoms with Crippen LogP contribution in [0.2, 0.25) is 5.02 Å². The van der Waals surface area contributed by atoms with Gasteiger partial charge in [-0.2, -0.15) is 5.10 Å². The monoisotopic (exact) mass is 467 g/mol. The van der Waals surface area contributed by atoms with Gasteiger partial charge in [-0.3, -0.25) is 9.59 Å². The van der Waals surface area contributed by atoms with Crippen LogP contribution < -0.4 is 25.0 Å². The minimum Gasteiger partial charge on any atom is -0.497 e. The molecule has 0 aliphatic heterocycles. The van der Waals surface area contributed by atoms with Crippen LogP contribution in [-0.2, 0) is 4.79 Å². The Bertz CT molecular complexity index is 1150. The SMILES string of the molecule is COc1cccc(C(=O)N/N=C/c2ccc(OCC(=O)Nc3ccc(Cl)cc3)c(OC)c2)c1. The lowest BCUT2D eigenvalue weighted by Crippen LogP contribution is -2.20. The molecular formula is C24H22ClN3O5. The number of amides is 2. The largest absolute Gasteiger partial charge is 0.497 e. The van der Waals surface area contributed by atoms with Gasteiger partial charge >= 0.3 is 0 Å². The van der Waals surface area contributed by atoms with Crippen LogP contribution in [0.15, 0.2) is 71.8 Å². The van der Waals surface area contributed by atoms with Crippen molar-refractivity contribution in [1.29, 1.82) is 0 Å². The molecule has 0 fully saturated rings. The fourth-order valence-electron chi connectivity index (χ4n) is 2.75. The van der Waals surface area contributed by atoms with Crippen molar-refractivity contribution in [3.63, 3.8) is 0 Å². The van der Waals surface area contributed by atoms with Gasteiger partial charge in [-0.25, -0.2) is 5.43 Å². The topological polar surface area (TPSA) is 98.3 Å². The summed E-state index contributed by atoms with van der Waals surface area (Å²) in [5.74, 6) is 0.682. The second-order valence-corrected chi connectivity index (χ2v) is 7.12. The van der Waals surface area contributed by atoms with E-state index in [4.69, 9.17) is 25.8 Å². The average Bonchev–Trinajstić information content (AvgIpc) is 2.84. The number of benzene rings is 3. The molecule has 0 atom stereocenters. The zero-order valence-corrected chi connectivity index (χ0v) is 18.8. The number of nitrogens with one attached hydrogen (secondary N) is 2. The van der Waals surface area contributed by atoms with Crippen LogP contribution >= 0.6 is 11.6 Å².